The lowest BCUT2D eigenvalue weighted by molar-refractivity contribution is -0.132. The van der Waals surface area contributed by atoms with E-state index in [2.05, 4.69) is 10.3 Å². The second kappa shape index (κ2) is 7.94. The predicted molar refractivity (Wildman–Crippen MR) is 97.5 cm³/mol. The lowest BCUT2D eigenvalue weighted by atomic mass is 10.1. The third-order valence-electron chi connectivity index (χ3n) is 4.05. The van der Waals surface area contributed by atoms with Crippen molar-refractivity contribution in [1.82, 2.24) is 9.88 Å². The molecular formula is C18H19N3O3S. The fourth-order valence-electron chi connectivity index (χ4n) is 2.84. The van der Waals surface area contributed by atoms with E-state index >= 15 is 0 Å². The molecule has 1 aliphatic heterocycles. The van der Waals surface area contributed by atoms with E-state index in [1.165, 1.54) is 17.4 Å². The Kier molecular flexibility index (Phi) is 5.45. The number of carbonyl (C=O) groups excluding carboxylic acids is 2. The van der Waals surface area contributed by atoms with Crippen molar-refractivity contribution in [2.45, 2.75) is 18.9 Å². The number of para-hydroxylation sites is 1. The van der Waals surface area contributed by atoms with Crippen LogP contribution in [-0.4, -0.2) is 41.4 Å². The summed E-state index contributed by atoms with van der Waals surface area (Å²) in [5, 5.41) is 5.12. The number of thiazole rings is 1. The molecule has 0 spiro atoms. The fraction of sp³-hybridized carbons (Fsp3) is 0.278. The van der Waals surface area contributed by atoms with E-state index in [0.29, 0.717) is 23.8 Å². The summed E-state index contributed by atoms with van der Waals surface area (Å²) in [6, 6.07) is 7.01. The number of rotatable bonds is 5. The van der Waals surface area contributed by atoms with Crippen molar-refractivity contribution in [3.05, 3.63) is 47.5 Å². The molecule has 2 amide bonds. The number of nitrogens with zero attached hydrogens (tertiary/aromatic N) is 2. The van der Waals surface area contributed by atoms with Gasteiger partial charge < -0.3 is 15.0 Å². The quantitative estimate of drug-likeness (QED) is 0.835. The summed E-state index contributed by atoms with van der Waals surface area (Å²) in [4.78, 5) is 30.6. The lowest BCUT2D eigenvalue weighted by Gasteiger charge is -2.22. The van der Waals surface area contributed by atoms with Crippen LogP contribution in [0.1, 0.15) is 18.4 Å². The van der Waals surface area contributed by atoms with Gasteiger partial charge in [0.25, 0.3) is 0 Å². The van der Waals surface area contributed by atoms with E-state index < -0.39 is 6.04 Å². The highest BCUT2D eigenvalue weighted by atomic mass is 32.1. The molecule has 0 radical (unpaired) electrons. The molecule has 1 atom stereocenters. The maximum absolute atomic E-state index is 12.5. The SMILES string of the molecule is COc1ccccc1/C=C/C(=O)N1CCCC1C(=O)Nc1nccs1. The molecule has 7 heteroatoms. The Morgan fingerprint density at radius 2 is 2.24 bits per heavy atom. The second-order valence-corrected chi connectivity index (χ2v) is 6.49. The summed E-state index contributed by atoms with van der Waals surface area (Å²) >= 11 is 1.36. The van der Waals surface area contributed by atoms with Crippen molar-refractivity contribution in [2.24, 2.45) is 0 Å². The second-order valence-electron chi connectivity index (χ2n) is 5.59. The minimum Gasteiger partial charge on any atom is -0.496 e. The Hall–Kier alpha value is -2.67. The van der Waals surface area contributed by atoms with Crippen molar-refractivity contribution >= 4 is 34.4 Å². The van der Waals surface area contributed by atoms with Crippen LogP contribution in [0.5, 0.6) is 5.75 Å². The molecular weight excluding hydrogens is 338 g/mol. The van der Waals surface area contributed by atoms with Gasteiger partial charge in [-0.25, -0.2) is 4.98 Å². The number of hydrogen-bond donors (Lipinski definition) is 1. The molecule has 0 saturated carbocycles. The summed E-state index contributed by atoms with van der Waals surface area (Å²) in [5.74, 6) is 0.334. The van der Waals surface area contributed by atoms with Crippen LogP contribution in [0.15, 0.2) is 41.9 Å². The minimum atomic E-state index is -0.460. The van der Waals surface area contributed by atoms with Gasteiger partial charge in [-0.1, -0.05) is 18.2 Å². The van der Waals surface area contributed by atoms with Gasteiger partial charge in [-0.15, -0.1) is 11.3 Å². The Labute approximate surface area is 150 Å². The van der Waals surface area contributed by atoms with Gasteiger partial charge >= 0.3 is 0 Å². The number of ether oxygens (including phenoxy) is 1. The van der Waals surface area contributed by atoms with Crippen LogP contribution in [0.25, 0.3) is 6.08 Å². The Balaban J connectivity index is 1.68. The monoisotopic (exact) mass is 357 g/mol. The molecule has 1 aromatic carbocycles. The van der Waals surface area contributed by atoms with E-state index in [0.717, 1.165) is 12.0 Å². The molecule has 1 saturated heterocycles. The maximum Gasteiger partial charge on any atom is 0.248 e. The molecule has 1 N–H and O–H groups in total. The highest BCUT2D eigenvalue weighted by Gasteiger charge is 2.33. The molecule has 0 bridgehead atoms. The number of carbonyl (C=O) groups is 2. The summed E-state index contributed by atoms with van der Waals surface area (Å²) in [6.45, 7) is 0.574. The van der Waals surface area contributed by atoms with Gasteiger partial charge in [0.15, 0.2) is 5.13 Å². The Morgan fingerprint density at radius 1 is 1.40 bits per heavy atom. The smallest absolute Gasteiger partial charge is 0.248 e. The van der Waals surface area contributed by atoms with E-state index in [-0.39, 0.29) is 11.8 Å². The van der Waals surface area contributed by atoms with Crippen molar-refractivity contribution in [3.8, 4) is 5.75 Å². The van der Waals surface area contributed by atoms with Gasteiger partial charge in [0.05, 0.1) is 7.11 Å². The number of likely N-dealkylation sites (tertiary alicyclic amines) is 1. The molecule has 130 valence electrons. The number of amides is 2. The number of benzene rings is 1. The molecule has 1 aromatic heterocycles. The van der Waals surface area contributed by atoms with Crippen LogP contribution in [0, 0.1) is 0 Å². The number of methoxy groups -OCH3 is 1. The standard InChI is InChI=1S/C18H19N3O3S/c1-24-15-7-3-2-5-13(15)8-9-16(22)21-11-4-6-14(21)17(23)20-18-19-10-12-25-18/h2-3,5,7-10,12,14H,4,6,11H2,1H3,(H,19,20,23)/b9-8+. The normalized spacial score (nSPS) is 17.0. The third kappa shape index (κ3) is 4.06. The van der Waals surface area contributed by atoms with Crippen molar-refractivity contribution in [2.75, 3.05) is 19.0 Å². The van der Waals surface area contributed by atoms with E-state index in [9.17, 15) is 9.59 Å². The molecule has 1 unspecified atom stereocenters. The first kappa shape index (κ1) is 17.2. The van der Waals surface area contributed by atoms with Crippen molar-refractivity contribution in [3.63, 3.8) is 0 Å². The summed E-state index contributed by atoms with van der Waals surface area (Å²) in [7, 11) is 1.59. The average Bonchev–Trinajstić information content (AvgIpc) is 3.31. The molecule has 2 heterocycles. The first-order valence-electron chi connectivity index (χ1n) is 8.01. The number of nitrogens with one attached hydrogen (secondary N) is 1. The number of aromatic nitrogens is 1. The van der Waals surface area contributed by atoms with Crippen LogP contribution in [0.2, 0.25) is 0 Å². The van der Waals surface area contributed by atoms with Crippen LogP contribution in [-0.2, 0) is 9.59 Å². The zero-order valence-corrected chi connectivity index (χ0v) is 14.7. The van der Waals surface area contributed by atoms with E-state index in [1.807, 2.05) is 24.3 Å². The van der Waals surface area contributed by atoms with Gasteiger partial charge in [0, 0.05) is 29.8 Å². The molecule has 6 nitrogen and oxygen atoms in total. The third-order valence-corrected chi connectivity index (χ3v) is 4.73. The molecule has 0 aliphatic carbocycles. The van der Waals surface area contributed by atoms with E-state index in [1.54, 1.807) is 29.7 Å². The minimum absolute atomic E-state index is 0.178. The van der Waals surface area contributed by atoms with Gasteiger partial charge in [-0.05, 0) is 25.0 Å². The first-order chi connectivity index (χ1) is 12.2. The molecule has 1 fully saturated rings. The van der Waals surface area contributed by atoms with Gasteiger partial charge in [-0.2, -0.15) is 0 Å². The highest BCUT2D eigenvalue weighted by molar-refractivity contribution is 7.13. The topological polar surface area (TPSA) is 71.5 Å². The van der Waals surface area contributed by atoms with Crippen LogP contribution in [0.3, 0.4) is 0 Å². The van der Waals surface area contributed by atoms with Crippen molar-refractivity contribution in [1.29, 1.82) is 0 Å². The van der Waals surface area contributed by atoms with E-state index in [4.69, 9.17) is 4.74 Å². The van der Waals surface area contributed by atoms with Crippen LogP contribution in [0.4, 0.5) is 5.13 Å². The molecule has 25 heavy (non-hydrogen) atoms. The largest absolute Gasteiger partial charge is 0.496 e. The van der Waals surface area contributed by atoms with Gasteiger partial charge in [0.1, 0.15) is 11.8 Å². The summed E-state index contributed by atoms with van der Waals surface area (Å²) in [6.07, 6.45) is 6.31. The van der Waals surface area contributed by atoms with Gasteiger partial charge in [0.2, 0.25) is 11.8 Å². The van der Waals surface area contributed by atoms with Crippen molar-refractivity contribution < 1.29 is 14.3 Å². The number of anilines is 1. The summed E-state index contributed by atoms with van der Waals surface area (Å²) in [5.41, 5.74) is 0.821. The van der Waals surface area contributed by atoms with Crippen LogP contribution < -0.4 is 10.1 Å². The Bertz CT molecular complexity index is 774. The average molecular weight is 357 g/mol. The molecule has 3 rings (SSSR count). The van der Waals surface area contributed by atoms with Gasteiger partial charge in [-0.3, -0.25) is 9.59 Å². The highest BCUT2D eigenvalue weighted by Crippen LogP contribution is 2.22. The zero-order chi connectivity index (χ0) is 17.6. The van der Waals surface area contributed by atoms with Crippen LogP contribution >= 0.6 is 11.3 Å². The number of hydrogen-bond acceptors (Lipinski definition) is 5. The zero-order valence-electron chi connectivity index (χ0n) is 13.8. The maximum atomic E-state index is 12.5. The fourth-order valence-corrected chi connectivity index (χ4v) is 3.37. The predicted octanol–water partition coefficient (Wildman–Crippen LogP) is 2.79. The Morgan fingerprint density at radius 3 is 3.00 bits per heavy atom. The molecule has 2 aromatic rings. The molecule has 1 aliphatic rings. The first-order valence-corrected chi connectivity index (χ1v) is 8.89. The summed E-state index contributed by atoms with van der Waals surface area (Å²) < 4.78 is 5.28. The lowest BCUT2D eigenvalue weighted by Crippen LogP contribution is -2.42.